The highest BCUT2D eigenvalue weighted by molar-refractivity contribution is 7.92. The molecule has 6 unspecified atom stereocenters. The zero-order valence-electron chi connectivity index (χ0n) is 32.3. The van der Waals surface area contributed by atoms with Crippen LogP contribution in [0.2, 0.25) is 0 Å². The Morgan fingerprint density at radius 3 is 2.10 bits per heavy atom. The molecule has 0 aromatic heterocycles. The van der Waals surface area contributed by atoms with Gasteiger partial charge in [-0.15, -0.1) is 0 Å². The third-order valence-corrected chi connectivity index (χ3v) is 16.6. The summed E-state index contributed by atoms with van der Waals surface area (Å²) in [5, 5.41) is 11.9. The van der Waals surface area contributed by atoms with Crippen LogP contribution in [0.3, 0.4) is 0 Å². The molecule has 5 saturated carbocycles. The SMILES string of the molecule is CCC1CC1(NC(=O)C1C2C(CN1C(=O)C(NC(=O)NC1(CS(=O)(=O)C(C)(C)C)CCCCC1)C1CCCCC1)C2(C)C)C(=O)C(=O)NCC1CC1. The molecule has 0 aromatic rings. The van der Waals surface area contributed by atoms with E-state index in [4.69, 9.17) is 0 Å². The van der Waals surface area contributed by atoms with Gasteiger partial charge in [-0.1, -0.05) is 65.7 Å². The number of sulfone groups is 1. The van der Waals surface area contributed by atoms with Gasteiger partial charge < -0.3 is 26.2 Å². The number of rotatable bonds is 13. The van der Waals surface area contributed by atoms with Crippen LogP contribution in [0.4, 0.5) is 4.79 Å². The van der Waals surface area contributed by atoms with Crippen molar-refractivity contribution < 1.29 is 32.4 Å². The standard InChI is InChI=1S/C39H63N5O7S/c1-7-26-20-39(26,31(45)33(47)40-21-24-16-17-24)42-32(46)30-28-27(37(28,5)6)22-44(30)34(48)29(25-14-10-8-11-15-25)41-35(49)43-38(18-12-9-13-19-38)23-52(50,51)36(2,3)4/h24-30H,7-23H2,1-6H3,(H,40,47)(H,42,46)(H2,41,43,49). The molecule has 1 aliphatic heterocycles. The van der Waals surface area contributed by atoms with Gasteiger partial charge in [0.1, 0.15) is 17.6 Å². The Hall–Kier alpha value is -2.70. The van der Waals surface area contributed by atoms with Gasteiger partial charge in [-0.2, -0.15) is 0 Å². The molecule has 52 heavy (non-hydrogen) atoms. The summed E-state index contributed by atoms with van der Waals surface area (Å²) in [4.78, 5) is 71.3. The van der Waals surface area contributed by atoms with E-state index in [-0.39, 0.29) is 40.7 Å². The van der Waals surface area contributed by atoms with Crippen molar-refractivity contribution in [1.82, 2.24) is 26.2 Å². The summed E-state index contributed by atoms with van der Waals surface area (Å²) in [5.74, 6) is -2.05. The third kappa shape index (κ3) is 7.63. The third-order valence-electron chi connectivity index (χ3n) is 13.8. The summed E-state index contributed by atoms with van der Waals surface area (Å²) in [6.45, 7) is 12.0. The monoisotopic (exact) mass is 745 g/mol. The molecule has 6 fully saturated rings. The molecule has 6 atom stereocenters. The van der Waals surface area contributed by atoms with Gasteiger partial charge in [-0.05, 0) is 101 Å². The number of nitrogens with one attached hydrogen (secondary N) is 4. The number of urea groups is 1. The van der Waals surface area contributed by atoms with Crippen LogP contribution in [0.25, 0.3) is 0 Å². The zero-order valence-corrected chi connectivity index (χ0v) is 33.1. The molecule has 5 amide bonds. The van der Waals surface area contributed by atoms with E-state index in [9.17, 15) is 32.4 Å². The smallest absolute Gasteiger partial charge is 0.315 e. The Morgan fingerprint density at radius 1 is 0.885 bits per heavy atom. The van der Waals surface area contributed by atoms with E-state index in [0.717, 1.165) is 64.2 Å². The molecular weight excluding hydrogens is 683 g/mol. The molecule has 12 nitrogen and oxygen atoms in total. The normalized spacial score (nSPS) is 31.5. The van der Waals surface area contributed by atoms with E-state index >= 15 is 0 Å². The number of carbonyl (C=O) groups excluding carboxylic acids is 5. The molecule has 292 valence electrons. The number of ketones is 1. The second kappa shape index (κ2) is 14.2. The molecule has 13 heteroatoms. The first-order valence-electron chi connectivity index (χ1n) is 20.1. The highest BCUT2D eigenvalue weighted by Crippen LogP contribution is 2.65. The topological polar surface area (TPSA) is 171 Å². The predicted molar refractivity (Wildman–Crippen MR) is 198 cm³/mol. The van der Waals surface area contributed by atoms with E-state index < -0.39 is 61.4 Å². The molecule has 0 radical (unpaired) electrons. The number of nitrogens with zero attached hydrogens (tertiary/aromatic N) is 1. The fourth-order valence-electron chi connectivity index (χ4n) is 9.82. The van der Waals surface area contributed by atoms with Gasteiger partial charge in [0.25, 0.3) is 5.91 Å². The molecule has 6 rings (SSSR count). The fraction of sp³-hybridized carbons (Fsp3) is 0.872. The fourth-order valence-corrected chi connectivity index (χ4v) is 11.3. The predicted octanol–water partition coefficient (Wildman–Crippen LogP) is 4.01. The number of fused-ring (bicyclic) bond motifs is 1. The second-order valence-corrected chi connectivity index (χ2v) is 21.6. The minimum Gasteiger partial charge on any atom is -0.349 e. The first-order chi connectivity index (χ1) is 24.4. The Morgan fingerprint density at radius 2 is 1.52 bits per heavy atom. The summed E-state index contributed by atoms with van der Waals surface area (Å²) >= 11 is 0. The highest BCUT2D eigenvalue weighted by Gasteiger charge is 2.71. The van der Waals surface area contributed by atoms with Gasteiger partial charge in [0.05, 0.1) is 16.0 Å². The number of amides is 5. The van der Waals surface area contributed by atoms with Gasteiger partial charge in [0.2, 0.25) is 17.6 Å². The lowest BCUT2D eigenvalue weighted by Crippen LogP contribution is -2.63. The second-order valence-electron chi connectivity index (χ2n) is 18.8. The average Bonchev–Trinajstić information content (AvgIpc) is 4.04. The van der Waals surface area contributed by atoms with E-state index in [1.807, 2.05) is 6.92 Å². The first kappa shape index (κ1) is 39.0. The Bertz CT molecular complexity index is 1540. The molecule has 4 N–H and O–H groups in total. The lowest BCUT2D eigenvalue weighted by atomic mass is 9.82. The molecule has 0 spiro atoms. The number of carbonyl (C=O) groups is 5. The van der Waals surface area contributed by atoms with Gasteiger partial charge in [-0.3, -0.25) is 19.2 Å². The number of Topliss-reactive ketones (excluding diaryl/α,β-unsaturated/α-hetero) is 1. The van der Waals surface area contributed by atoms with Gasteiger partial charge in [0.15, 0.2) is 9.84 Å². The molecule has 1 heterocycles. The van der Waals surface area contributed by atoms with Gasteiger partial charge >= 0.3 is 6.03 Å². The number of hydrogen-bond donors (Lipinski definition) is 4. The Labute approximate surface area is 310 Å². The van der Waals surface area contributed by atoms with Crippen LogP contribution in [0.5, 0.6) is 0 Å². The lowest BCUT2D eigenvalue weighted by molar-refractivity contribution is -0.145. The summed E-state index contributed by atoms with van der Waals surface area (Å²) in [7, 11) is -3.55. The number of likely N-dealkylation sites (tertiary alicyclic amines) is 1. The Balaban J connectivity index is 1.22. The molecule has 0 bridgehead atoms. The Kier molecular flexibility index (Phi) is 10.6. The van der Waals surface area contributed by atoms with Crippen LogP contribution in [0.1, 0.15) is 131 Å². The molecule has 6 aliphatic rings. The van der Waals surface area contributed by atoms with Crippen LogP contribution in [-0.4, -0.2) is 89.6 Å². The van der Waals surface area contributed by atoms with Crippen LogP contribution >= 0.6 is 0 Å². The van der Waals surface area contributed by atoms with Gasteiger partial charge in [-0.25, -0.2) is 13.2 Å². The van der Waals surface area contributed by atoms with Crippen molar-refractivity contribution in [3.63, 3.8) is 0 Å². The van der Waals surface area contributed by atoms with Crippen LogP contribution in [0, 0.1) is 35.0 Å². The van der Waals surface area contributed by atoms with Crippen LogP contribution in [-0.2, 0) is 29.0 Å². The van der Waals surface area contributed by atoms with Crippen molar-refractivity contribution in [3.05, 3.63) is 0 Å². The molecule has 0 aromatic carbocycles. The number of hydrogen-bond acceptors (Lipinski definition) is 7. The quantitative estimate of drug-likeness (QED) is 0.207. The molecular formula is C39H63N5O7S. The maximum atomic E-state index is 14.8. The van der Waals surface area contributed by atoms with Crippen molar-refractivity contribution in [3.8, 4) is 0 Å². The maximum Gasteiger partial charge on any atom is 0.315 e. The average molecular weight is 746 g/mol. The minimum absolute atomic E-state index is 0.0933. The molecule has 5 aliphatic carbocycles. The minimum atomic E-state index is -3.55. The van der Waals surface area contributed by atoms with E-state index in [1.54, 1.807) is 25.7 Å². The zero-order chi connectivity index (χ0) is 37.9. The van der Waals surface area contributed by atoms with E-state index in [0.29, 0.717) is 44.7 Å². The number of piperidine rings is 1. The molecule has 1 saturated heterocycles. The first-order valence-corrected chi connectivity index (χ1v) is 21.8. The van der Waals surface area contributed by atoms with Gasteiger partial charge in [0, 0.05) is 13.1 Å². The largest absolute Gasteiger partial charge is 0.349 e. The van der Waals surface area contributed by atoms with Crippen molar-refractivity contribution >= 4 is 39.4 Å². The summed E-state index contributed by atoms with van der Waals surface area (Å²) < 4.78 is 25.9. The van der Waals surface area contributed by atoms with Crippen LogP contribution < -0.4 is 21.3 Å². The van der Waals surface area contributed by atoms with Crippen molar-refractivity contribution in [2.45, 2.75) is 159 Å². The van der Waals surface area contributed by atoms with Crippen molar-refractivity contribution in [1.29, 1.82) is 0 Å². The summed E-state index contributed by atoms with van der Waals surface area (Å²) in [6, 6.07) is -2.27. The van der Waals surface area contributed by atoms with E-state index in [2.05, 4.69) is 35.1 Å². The lowest BCUT2D eigenvalue weighted by Gasteiger charge is -2.41. The highest BCUT2D eigenvalue weighted by atomic mass is 32.2. The maximum absolute atomic E-state index is 14.8. The van der Waals surface area contributed by atoms with E-state index in [1.165, 1.54) is 0 Å². The van der Waals surface area contributed by atoms with Crippen LogP contribution in [0.15, 0.2) is 0 Å². The summed E-state index contributed by atoms with van der Waals surface area (Å²) in [5.41, 5.74) is -2.38. The van der Waals surface area contributed by atoms with Crippen molar-refractivity contribution in [2.24, 2.45) is 35.0 Å². The summed E-state index contributed by atoms with van der Waals surface area (Å²) in [6.07, 6.45) is 11.2. The van der Waals surface area contributed by atoms with Crippen molar-refractivity contribution in [2.75, 3.05) is 18.8 Å².